The number of fused-ring (bicyclic) bond motifs is 1. The fourth-order valence-corrected chi connectivity index (χ4v) is 5.61. The third-order valence-corrected chi connectivity index (χ3v) is 7.62. The van der Waals surface area contributed by atoms with E-state index in [1.807, 2.05) is 28.7 Å². The Balaban J connectivity index is 1.43. The molecular weight excluding hydrogens is 461 g/mol. The number of hydrogen-bond donors (Lipinski definition) is 2. The van der Waals surface area contributed by atoms with Gasteiger partial charge in [0.2, 0.25) is 5.91 Å². The Morgan fingerprint density at radius 1 is 1.23 bits per heavy atom. The summed E-state index contributed by atoms with van der Waals surface area (Å²) < 4.78 is 41.1. The molecule has 1 amide bonds. The fraction of sp³-hybridized carbons (Fsp3) is 0.708. The molecule has 0 bridgehead atoms. The van der Waals surface area contributed by atoms with Crippen molar-refractivity contribution in [2.75, 3.05) is 37.6 Å². The van der Waals surface area contributed by atoms with Crippen LogP contribution in [0.2, 0.25) is 0 Å². The van der Waals surface area contributed by atoms with E-state index in [2.05, 4.69) is 14.9 Å². The minimum atomic E-state index is -4.09. The normalized spacial score (nSPS) is 26.2. The molecule has 194 valence electrons. The number of likely N-dealkylation sites (tertiary alicyclic amines) is 1. The molecule has 1 aliphatic carbocycles. The number of nitrogens with two attached hydrogens (primary N) is 1. The number of piperidine rings is 1. The number of aliphatic hydroxyl groups excluding tert-OH is 1. The smallest absolute Gasteiger partial charge is 0.391 e. The molecule has 0 aromatic carbocycles. The first-order valence-corrected chi connectivity index (χ1v) is 12.5. The Bertz CT molecular complexity index is 1000. The fourth-order valence-electron chi connectivity index (χ4n) is 5.61. The highest BCUT2D eigenvalue weighted by atomic mass is 19.4. The molecule has 35 heavy (non-hydrogen) atoms. The average molecular weight is 497 g/mol. The lowest BCUT2D eigenvalue weighted by molar-refractivity contribution is -0.183. The van der Waals surface area contributed by atoms with Crippen LogP contribution in [-0.4, -0.2) is 75.5 Å². The Kier molecular flexibility index (Phi) is 7.85. The van der Waals surface area contributed by atoms with Crippen LogP contribution in [0.25, 0.3) is 11.0 Å². The molecule has 2 aromatic heterocycles. The second-order valence-corrected chi connectivity index (χ2v) is 10.0. The number of hydrogen-bond acceptors (Lipinski definition) is 6. The van der Waals surface area contributed by atoms with Gasteiger partial charge in [-0.05, 0) is 57.6 Å². The summed E-state index contributed by atoms with van der Waals surface area (Å²) in [6.45, 7) is 5.26. The van der Waals surface area contributed by atoms with Gasteiger partial charge in [0.25, 0.3) is 0 Å². The maximum Gasteiger partial charge on any atom is 0.391 e. The lowest BCUT2D eigenvalue weighted by Crippen LogP contribution is -2.47. The highest BCUT2D eigenvalue weighted by Gasteiger charge is 2.41. The van der Waals surface area contributed by atoms with E-state index in [0.717, 1.165) is 23.3 Å². The van der Waals surface area contributed by atoms with Crippen molar-refractivity contribution in [3.63, 3.8) is 0 Å². The molecule has 1 saturated heterocycles. The topological polar surface area (TPSA) is 101 Å². The molecule has 1 unspecified atom stereocenters. The van der Waals surface area contributed by atoms with Gasteiger partial charge in [-0.25, -0.2) is 9.97 Å². The van der Waals surface area contributed by atoms with Crippen LogP contribution in [0.5, 0.6) is 0 Å². The zero-order valence-corrected chi connectivity index (χ0v) is 20.1. The highest BCUT2D eigenvalue weighted by Crippen LogP contribution is 2.40. The molecule has 2 atom stereocenters. The SMILES string of the molecule is CCN(CC1CCC(C(F)(F)F)CC1)c1ncnc2c1ccn2CC1CCN(CC(N)=O)C[C@@H]1O. The number of aliphatic hydroxyl groups is 1. The van der Waals surface area contributed by atoms with Gasteiger partial charge < -0.3 is 20.3 Å². The number of primary amides is 1. The molecule has 2 fully saturated rings. The maximum atomic E-state index is 13.0. The number of rotatable bonds is 8. The molecule has 1 aliphatic heterocycles. The van der Waals surface area contributed by atoms with Crippen molar-refractivity contribution in [3.05, 3.63) is 18.6 Å². The van der Waals surface area contributed by atoms with Crippen LogP contribution in [0.15, 0.2) is 18.6 Å². The summed E-state index contributed by atoms with van der Waals surface area (Å²) >= 11 is 0. The minimum absolute atomic E-state index is 0.0271. The van der Waals surface area contributed by atoms with Crippen LogP contribution in [0.4, 0.5) is 19.0 Å². The summed E-state index contributed by atoms with van der Waals surface area (Å²) in [5, 5.41) is 11.5. The monoisotopic (exact) mass is 496 g/mol. The second kappa shape index (κ2) is 10.7. The Morgan fingerprint density at radius 3 is 2.60 bits per heavy atom. The van der Waals surface area contributed by atoms with E-state index >= 15 is 0 Å². The van der Waals surface area contributed by atoms with Crippen molar-refractivity contribution in [3.8, 4) is 0 Å². The van der Waals surface area contributed by atoms with Gasteiger partial charge in [0.1, 0.15) is 17.8 Å². The summed E-state index contributed by atoms with van der Waals surface area (Å²) in [5.74, 6) is -0.538. The van der Waals surface area contributed by atoms with Crippen molar-refractivity contribution >= 4 is 22.8 Å². The number of carbonyl (C=O) groups is 1. The lowest BCUT2D eigenvalue weighted by Gasteiger charge is -2.35. The van der Waals surface area contributed by atoms with Gasteiger partial charge >= 0.3 is 6.18 Å². The maximum absolute atomic E-state index is 13.0. The van der Waals surface area contributed by atoms with E-state index in [-0.39, 0.29) is 31.2 Å². The number of nitrogens with zero attached hydrogens (tertiary/aromatic N) is 5. The molecule has 2 aromatic rings. The minimum Gasteiger partial charge on any atom is -0.391 e. The van der Waals surface area contributed by atoms with E-state index < -0.39 is 24.1 Å². The van der Waals surface area contributed by atoms with Gasteiger partial charge in [0.15, 0.2) is 0 Å². The first-order valence-electron chi connectivity index (χ1n) is 12.5. The third-order valence-electron chi connectivity index (χ3n) is 7.62. The predicted octanol–water partition coefficient (Wildman–Crippen LogP) is 2.79. The summed E-state index contributed by atoms with van der Waals surface area (Å²) in [6.07, 6.45) is 1.10. The van der Waals surface area contributed by atoms with Crippen LogP contribution < -0.4 is 10.6 Å². The van der Waals surface area contributed by atoms with Gasteiger partial charge in [-0.1, -0.05) is 0 Å². The van der Waals surface area contributed by atoms with Crippen LogP contribution in [-0.2, 0) is 11.3 Å². The highest BCUT2D eigenvalue weighted by molar-refractivity contribution is 5.87. The van der Waals surface area contributed by atoms with Crippen LogP contribution in [0.1, 0.15) is 39.0 Å². The van der Waals surface area contributed by atoms with Gasteiger partial charge in [0.05, 0.1) is 24.0 Å². The number of β-amino-alcohol motifs (C(OH)–C–C–N with tert-alkyl or cyclic N) is 1. The Hall–Kier alpha value is -2.40. The quantitative estimate of drug-likeness (QED) is 0.583. The van der Waals surface area contributed by atoms with Crippen molar-refractivity contribution in [1.82, 2.24) is 19.4 Å². The molecule has 3 N–H and O–H groups in total. The molecule has 2 aliphatic rings. The van der Waals surface area contributed by atoms with Gasteiger partial charge in [0, 0.05) is 38.3 Å². The summed E-state index contributed by atoms with van der Waals surface area (Å²) in [7, 11) is 0. The van der Waals surface area contributed by atoms with Gasteiger partial charge in [-0.2, -0.15) is 13.2 Å². The van der Waals surface area contributed by atoms with Crippen LogP contribution in [0.3, 0.4) is 0 Å². The number of amides is 1. The largest absolute Gasteiger partial charge is 0.391 e. The molecule has 8 nitrogen and oxygen atoms in total. The summed E-state index contributed by atoms with van der Waals surface area (Å²) in [4.78, 5) is 24.2. The van der Waals surface area contributed by atoms with Crippen molar-refractivity contribution < 1.29 is 23.1 Å². The van der Waals surface area contributed by atoms with Crippen molar-refractivity contribution in [2.45, 2.75) is 57.9 Å². The number of anilines is 1. The average Bonchev–Trinajstić information content (AvgIpc) is 3.21. The van der Waals surface area contributed by atoms with Gasteiger partial charge in [-0.3, -0.25) is 9.69 Å². The van der Waals surface area contributed by atoms with E-state index in [4.69, 9.17) is 5.73 Å². The van der Waals surface area contributed by atoms with E-state index in [1.165, 1.54) is 6.33 Å². The first-order chi connectivity index (χ1) is 16.7. The number of alkyl halides is 3. The number of aromatic nitrogens is 3. The predicted molar refractivity (Wildman–Crippen MR) is 127 cm³/mol. The first kappa shape index (κ1) is 25.7. The molecular formula is C24H35F3N6O2. The molecule has 3 heterocycles. The Morgan fingerprint density at radius 2 is 1.97 bits per heavy atom. The van der Waals surface area contributed by atoms with Gasteiger partial charge in [-0.15, -0.1) is 0 Å². The number of halogens is 3. The Labute approximate surface area is 203 Å². The molecule has 0 spiro atoms. The van der Waals surface area contributed by atoms with Crippen LogP contribution >= 0.6 is 0 Å². The molecule has 4 rings (SSSR count). The van der Waals surface area contributed by atoms with E-state index in [9.17, 15) is 23.1 Å². The molecule has 11 heteroatoms. The summed E-state index contributed by atoms with van der Waals surface area (Å²) in [6, 6.07) is 1.97. The zero-order valence-electron chi connectivity index (χ0n) is 20.1. The second-order valence-electron chi connectivity index (χ2n) is 10.0. The van der Waals surface area contributed by atoms with E-state index in [0.29, 0.717) is 45.6 Å². The van der Waals surface area contributed by atoms with Crippen LogP contribution in [0, 0.1) is 17.8 Å². The molecule has 0 radical (unpaired) electrons. The standard InChI is InChI=1S/C24H35F3N6O2/c1-2-32(11-16-3-5-18(6-4-16)24(25,26)27)22-19-8-10-33(23(19)30-15-29-22)12-17-7-9-31(13-20(17)34)14-21(28)35/h8,10,15-18,20,34H,2-7,9,11-14H2,1H3,(H2,28,35)/t16?,17?,18?,20-/m0/s1. The number of carbonyl (C=O) groups excluding carboxylic acids is 1. The molecule has 1 saturated carbocycles. The zero-order chi connectivity index (χ0) is 25.2. The van der Waals surface area contributed by atoms with Crippen molar-refractivity contribution in [1.29, 1.82) is 0 Å². The van der Waals surface area contributed by atoms with Crippen molar-refractivity contribution in [2.24, 2.45) is 23.5 Å². The van der Waals surface area contributed by atoms with E-state index in [1.54, 1.807) is 0 Å². The summed E-state index contributed by atoms with van der Waals surface area (Å²) in [5.41, 5.74) is 6.06. The lowest BCUT2D eigenvalue weighted by atomic mass is 9.81. The third kappa shape index (κ3) is 6.06.